The van der Waals surface area contributed by atoms with Gasteiger partial charge in [0.2, 0.25) is 5.95 Å². The maximum Gasteiger partial charge on any atom is 0.202 e. The molecule has 96 valence electrons. The molecule has 0 saturated heterocycles. The van der Waals surface area contributed by atoms with E-state index in [0.29, 0.717) is 0 Å². The summed E-state index contributed by atoms with van der Waals surface area (Å²) in [5, 5.41) is 4.28. The number of hydrogen-bond acceptors (Lipinski definition) is 3. The number of nitrogens with one attached hydrogen (secondary N) is 1. The lowest BCUT2D eigenvalue weighted by Gasteiger charge is -2.08. The second-order valence-corrected chi connectivity index (χ2v) is 4.44. The van der Waals surface area contributed by atoms with E-state index in [4.69, 9.17) is 0 Å². The van der Waals surface area contributed by atoms with E-state index in [1.165, 1.54) is 10.9 Å². The Balaban J connectivity index is 1.86. The summed E-state index contributed by atoms with van der Waals surface area (Å²) in [6.07, 6.45) is 6.60. The van der Waals surface area contributed by atoms with Crippen LogP contribution in [-0.2, 0) is 13.0 Å². The predicted molar refractivity (Wildman–Crippen MR) is 77.2 cm³/mol. The van der Waals surface area contributed by atoms with Crippen LogP contribution in [0.1, 0.15) is 5.56 Å². The van der Waals surface area contributed by atoms with Gasteiger partial charge in [-0.15, -0.1) is 0 Å². The predicted octanol–water partition coefficient (Wildman–Crippen LogP) is 2.72. The van der Waals surface area contributed by atoms with Crippen LogP contribution in [0.3, 0.4) is 0 Å². The van der Waals surface area contributed by atoms with E-state index in [0.717, 1.165) is 24.4 Å². The zero-order valence-corrected chi connectivity index (χ0v) is 10.9. The van der Waals surface area contributed by atoms with Gasteiger partial charge < -0.3 is 9.88 Å². The average molecular weight is 252 g/mol. The molecule has 3 rings (SSSR count). The van der Waals surface area contributed by atoms with Crippen LogP contribution in [0.5, 0.6) is 0 Å². The number of aryl methyl sites for hydroxylation is 2. The fourth-order valence-electron chi connectivity index (χ4n) is 2.33. The maximum absolute atomic E-state index is 4.48. The minimum Gasteiger partial charge on any atom is -0.359 e. The number of fused-ring (bicyclic) bond motifs is 1. The molecule has 2 heterocycles. The van der Waals surface area contributed by atoms with Crippen LogP contribution >= 0.6 is 0 Å². The summed E-state index contributed by atoms with van der Waals surface area (Å²) in [4.78, 5) is 8.73. The number of pyridine rings is 1. The fraction of sp³-hybridized carbons (Fsp3) is 0.200. The fourth-order valence-corrected chi connectivity index (χ4v) is 2.33. The monoisotopic (exact) mass is 252 g/mol. The molecular formula is C15H16N4. The van der Waals surface area contributed by atoms with E-state index in [1.54, 1.807) is 0 Å². The van der Waals surface area contributed by atoms with Crippen LogP contribution in [0.15, 0.2) is 48.9 Å². The van der Waals surface area contributed by atoms with Gasteiger partial charge in [-0.2, -0.15) is 0 Å². The maximum atomic E-state index is 4.48. The Morgan fingerprint density at radius 1 is 1.11 bits per heavy atom. The molecule has 0 radical (unpaired) electrons. The van der Waals surface area contributed by atoms with Crippen LogP contribution < -0.4 is 5.32 Å². The van der Waals surface area contributed by atoms with Gasteiger partial charge in [0.1, 0.15) is 0 Å². The van der Waals surface area contributed by atoms with Crippen LogP contribution in [0.25, 0.3) is 10.9 Å². The van der Waals surface area contributed by atoms with E-state index in [2.05, 4.69) is 44.1 Å². The number of anilines is 1. The Morgan fingerprint density at radius 3 is 2.89 bits per heavy atom. The number of aromatic nitrogens is 3. The summed E-state index contributed by atoms with van der Waals surface area (Å²) in [6.45, 7) is 0.895. The molecule has 3 aromatic rings. The van der Waals surface area contributed by atoms with Gasteiger partial charge in [-0.05, 0) is 18.1 Å². The lowest BCUT2D eigenvalue weighted by atomic mass is 10.1. The third-order valence-corrected chi connectivity index (χ3v) is 3.28. The molecule has 0 aliphatic heterocycles. The molecule has 19 heavy (non-hydrogen) atoms. The lowest BCUT2D eigenvalue weighted by molar-refractivity contribution is 0.704. The summed E-state index contributed by atoms with van der Waals surface area (Å²) in [5.74, 6) is 0.896. The quantitative estimate of drug-likeness (QED) is 0.776. The number of rotatable bonds is 4. The molecule has 0 spiro atoms. The molecule has 1 N–H and O–H groups in total. The van der Waals surface area contributed by atoms with Crippen molar-refractivity contribution in [2.45, 2.75) is 13.0 Å². The molecule has 1 aromatic carbocycles. The highest BCUT2D eigenvalue weighted by molar-refractivity contribution is 5.81. The van der Waals surface area contributed by atoms with Crippen molar-refractivity contribution < 1.29 is 0 Å². The molecule has 0 aliphatic carbocycles. The van der Waals surface area contributed by atoms with Crippen molar-refractivity contribution in [2.24, 2.45) is 0 Å². The smallest absolute Gasteiger partial charge is 0.202 e. The lowest BCUT2D eigenvalue weighted by Crippen LogP contribution is -2.05. The summed E-state index contributed by atoms with van der Waals surface area (Å²) < 4.78 is 2.11. The van der Waals surface area contributed by atoms with E-state index >= 15 is 0 Å². The molecule has 0 saturated carbocycles. The minimum atomic E-state index is 0.895. The molecule has 4 nitrogen and oxygen atoms in total. The van der Waals surface area contributed by atoms with Gasteiger partial charge in [0.05, 0.1) is 5.52 Å². The molecule has 0 aliphatic rings. The van der Waals surface area contributed by atoms with Gasteiger partial charge in [0.25, 0.3) is 0 Å². The zero-order chi connectivity index (χ0) is 13.1. The highest BCUT2D eigenvalue weighted by Gasteiger charge is 2.04. The van der Waals surface area contributed by atoms with Gasteiger partial charge in [-0.1, -0.05) is 24.3 Å². The van der Waals surface area contributed by atoms with Crippen LogP contribution in [0.2, 0.25) is 0 Å². The highest BCUT2D eigenvalue weighted by Crippen LogP contribution is 2.17. The average Bonchev–Trinajstić information content (AvgIpc) is 2.92. The molecule has 2 aromatic heterocycles. The van der Waals surface area contributed by atoms with Crippen molar-refractivity contribution in [3.05, 3.63) is 54.5 Å². The van der Waals surface area contributed by atoms with E-state index < -0.39 is 0 Å². The standard InChI is InChI=1S/C15H16N4/c1-16-15-18-9-11-19(15)10-7-13-5-2-4-12-6-3-8-17-14(12)13/h2-6,8-9,11H,7,10H2,1H3,(H,16,18). The van der Waals surface area contributed by atoms with E-state index in [-0.39, 0.29) is 0 Å². The van der Waals surface area contributed by atoms with Crippen LogP contribution in [-0.4, -0.2) is 21.6 Å². The van der Waals surface area contributed by atoms with Gasteiger partial charge in [-0.25, -0.2) is 4.98 Å². The molecule has 0 bridgehead atoms. The molecule has 0 unspecified atom stereocenters. The van der Waals surface area contributed by atoms with Crippen molar-refractivity contribution in [1.82, 2.24) is 14.5 Å². The number of hydrogen-bond donors (Lipinski definition) is 1. The first kappa shape index (κ1) is 11.7. The Kier molecular flexibility index (Phi) is 3.14. The van der Waals surface area contributed by atoms with Crippen LogP contribution in [0.4, 0.5) is 5.95 Å². The van der Waals surface area contributed by atoms with Gasteiger partial charge in [0, 0.05) is 37.6 Å². The SMILES string of the molecule is CNc1nccn1CCc1cccc2cccnc12. The third kappa shape index (κ3) is 2.29. The van der Waals surface area contributed by atoms with Gasteiger partial charge in [-0.3, -0.25) is 4.98 Å². The second kappa shape index (κ2) is 5.10. The van der Waals surface area contributed by atoms with Gasteiger partial charge >= 0.3 is 0 Å². The van der Waals surface area contributed by atoms with Crippen molar-refractivity contribution in [3.63, 3.8) is 0 Å². The first-order valence-electron chi connectivity index (χ1n) is 6.40. The molecule has 4 heteroatoms. The summed E-state index contributed by atoms with van der Waals surface area (Å²) in [7, 11) is 1.89. The molecule has 0 atom stereocenters. The van der Waals surface area contributed by atoms with Crippen molar-refractivity contribution in [2.75, 3.05) is 12.4 Å². The Hall–Kier alpha value is -2.36. The van der Waals surface area contributed by atoms with Crippen molar-refractivity contribution in [3.8, 4) is 0 Å². The first-order chi connectivity index (χ1) is 9.38. The van der Waals surface area contributed by atoms with Crippen LogP contribution in [0, 0.1) is 0 Å². The summed E-state index contributed by atoms with van der Waals surface area (Å²) in [6, 6.07) is 10.4. The Bertz CT molecular complexity index is 682. The first-order valence-corrected chi connectivity index (χ1v) is 6.40. The molecule has 0 fully saturated rings. The summed E-state index contributed by atoms with van der Waals surface area (Å²) >= 11 is 0. The summed E-state index contributed by atoms with van der Waals surface area (Å²) in [5.41, 5.74) is 2.37. The van der Waals surface area contributed by atoms with Crippen molar-refractivity contribution >= 4 is 16.9 Å². The third-order valence-electron chi connectivity index (χ3n) is 3.28. The Labute approximate surface area is 112 Å². The molecular weight excluding hydrogens is 236 g/mol. The minimum absolute atomic E-state index is 0.895. The second-order valence-electron chi connectivity index (χ2n) is 4.44. The number of nitrogens with zero attached hydrogens (tertiary/aromatic N) is 3. The normalized spacial score (nSPS) is 10.8. The van der Waals surface area contributed by atoms with Gasteiger partial charge in [0.15, 0.2) is 0 Å². The van der Waals surface area contributed by atoms with E-state index in [9.17, 15) is 0 Å². The number of imidazole rings is 1. The number of para-hydroxylation sites is 1. The zero-order valence-electron chi connectivity index (χ0n) is 10.9. The topological polar surface area (TPSA) is 42.7 Å². The van der Waals surface area contributed by atoms with E-state index in [1.807, 2.05) is 31.7 Å². The van der Waals surface area contributed by atoms with Crippen molar-refractivity contribution in [1.29, 1.82) is 0 Å². The largest absolute Gasteiger partial charge is 0.359 e. The Morgan fingerprint density at radius 2 is 2.00 bits per heavy atom. The highest BCUT2D eigenvalue weighted by atomic mass is 15.2. The number of benzene rings is 1. The molecule has 0 amide bonds.